The molecular weight excluding hydrogens is 332 g/mol. The molecule has 2 amide bonds. The second kappa shape index (κ2) is 7.86. The maximum absolute atomic E-state index is 12.5. The number of nitrogens with zero attached hydrogens (tertiary/aromatic N) is 3. The molecule has 2 aromatic heterocycles. The molecular formula is C19H26N4O3. The van der Waals surface area contributed by atoms with Crippen LogP contribution in [0.4, 0.5) is 0 Å². The Kier molecular flexibility index (Phi) is 5.56. The van der Waals surface area contributed by atoms with Gasteiger partial charge >= 0.3 is 0 Å². The number of aryl methyl sites for hydroxylation is 1. The number of carbonyl (C=O) groups is 2. The molecule has 0 aliphatic carbocycles. The van der Waals surface area contributed by atoms with Gasteiger partial charge in [-0.05, 0) is 18.6 Å². The molecule has 1 aliphatic rings. The van der Waals surface area contributed by atoms with Crippen molar-refractivity contribution in [1.29, 1.82) is 0 Å². The van der Waals surface area contributed by atoms with Gasteiger partial charge in [0.05, 0.1) is 24.6 Å². The summed E-state index contributed by atoms with van der Waals surface area (Å²) >= 11 is 0. The Hall–Kier alpha value is -2.41. The van der Waals surface area contributed by atoms with Crippen molar-refractivity contribution in [2.75, 3.05) is 33.4 Å². The van der Waals surface area contributed by atoms with Crippen molar-refractivity contribution in [2.24, 2.45) is 11.8 Å². The average molecular weight is 358 g/mol. The molecule has 26 heavy (non-hydrogen) atoms. The second-order valence-electron chi connectivity index (χ2n) is 7.08. The van der Waals surface area contributed by atoms with E-state index >= 15 is 0 Å². The monoisotopic (exact) mass is 358 g/mol. The first-order valence-corrected chi connectivity index (χ1v) is 8.95. The van der Waals surface area contributed by atoms with Gasteiger partial charge in [-0.25, -0.2) is 4.98 Å². The number of carbonyl (C=O) groups excluding carboxylic acids is 2. The number of nitrogens with one attached hydrogen (secondary N) is 1. The van der Waals surface area contributed by atoms with Crippen molar-refractivity contribution >= 4 is 17.5 Å². The van der Waals surface area contributed by atoms with E-state index in [4.69, 9.17) is 4.74 Å². The van der Waals surface area contributed by atoms with Gasteiger partial charge in [-0.3, -0.25) is 9.59 Å². The van der Waals surface area contributed by atoms with Crippen LogP contribution in [-0.2, 0) is 20.7 Å². The third kappa shape index (κ3) is 3.88. The van der Waals surface area contributed by atoms with Crippen molar-refractivity contribution in [3.63, 3.8) is 0 Å². The van der Waals surface area contributed by atoms with E-state index in [9.17, 15) is 9.59 Å². The first kappa shape index (κ1) is 18.4. The van der Waals surface area contributed by atoms with Crippen molar-refractivity contribution in [2.45, 2.75) is 20.3 Å². The zero-order valence-corrected chi connectivity index (χ0v) is 15.6. The van der Waals surface area contributed by atoms with Crippen LogP contribution in [0.25, 0.3) is 5.65 Å². The molecule has 7 nitrogen and oxygen atoms in total. The largest absolute Gasteiger partial charge is 0.384 e. The van der Waals surface area contributed by atoms with Crippen LogP contribution < -0.4 is 5.32 Å². The average Bonchev–Trinajstić information content (AvgIpc) is 2.97. The normalized spacial score (nSPS) is 15.7. The molecule has 1 unspecified atom stereocenters. The lowest BCUT2D eigenvalue weighted by Crippen LogP contribution is -2.54. The summed E-state index contributed by atoms with van der Waals surface area (Å²) in [6, 6.07) is 3.97. The van der Waals surface area contributed by atoms with Gasteiger partial charge < -0.3 is 19.4 Å². The summed E-state index contributed by atoms with van der Waals surface area (Å²) in [5, 5.41) is 2.93. The molecule has 0 spiro atoms. The van der Waals surface area contributed by atoms with Crippen molar-refractivity contribution in [3.05, 3.63) is 35.8 Å². The van der Waals surface area contributed by atoms with Crippen LogP contribution in [0.5, 0.6) is 0 Å². The molecule has 0 aromatic carbocycles. The number of aromatic nitrogens is 2. The number of pyridine rings is 1. The fraction of sp³-hybridized carbons (Fsp3) is 0.526. The summed E-state index contributed by atoms with van der Waals surface area (Å²) in [6.45, 7) is 6.25. The van der Waals surface area contributed by atoms with Crippen LogP contribution in [0.3, 0.4) is 0 Å². The predicted molar refractivity (Wildman–Crippen MR) is 97.8 cm³/mol. The smallest absolute Gasteiger partial charge is 0.228 e. The molecule has 1 saturated heterocycles. The van der Waals surface area contributed by atoms with Gasteiger partial charge in [-0.2, -0.15) is 0 Å². The first-order chi connectivity index (χ1) is 12.5. The third-order valence-electron chi connectivity index (χ3n) is 4.88. The Morgan fingerprint density at radius 2 is 2.19 bits per heavy atom. The summed E-state index contributed by atoms with van der Waals surface area (Å²) in [7, 11) is 1.59. The van der Waals surface area contributed by atoms with E-state index in [1.807, 2.05) is 41.5 Å². The zero-order chi connectivity index (χ0) is 18.7. The lowest BCUT2D eigenvalue weighted by Gasteiger charge is -2.39. The van der Waals surface area contributed by atoms with Gasteiger partial charge in [0.15, 0.2) is 0 Å². The topological polar surface area (TPSA) is 75.9 Å². The number of amides is 2. The molecule has 3 heterocycles. The van der Waals surface area contributed by atoms with E-state index in [1.165, 1.54) is 0 Å². The Labute approximate surface area is 153 Å². The molecule has 1 aliphatic heterocycles. The van der Waals surface area contributed by atoms with E-state index < -0.39 is 0 Å². The van der Waals surface area contributed by atoms with Gasteiger partial charge in [0.25, 0.3) is 0 Å². The Balaban J connectivity index is 1.46. The third-order valence-corrected chi connectivity index (χ3v) is 4.88. The van der Waals surface area contributed by atoms with E-state index in [-0.39, 0.29) is 17.7 Å². The highest BCUT2D eigenvalue weighted by Gasteiger charge is 2.31. The number of likely N-dealkylation sites (tertiary alicyclic amines) is 1. The Morgan fingerprint density at radius 3 is 2.92 bits per heavy atom. The molecule has 1 N–H and O–H groups in total. The highest BCUT2D eigenvalue weighted by atomic mass is 16.5. The maximum Gasteiger partial charge on any atom is 0.228 e. The number of imidazole rings is 1. The standard InChI is InChI=1S/C19H26N4O3/c1-13-5-4-6-23-16(9-20-18(13)23)7-17(24)22-10-15(11-22)8-21-19(25)14(2)12-26-3/h4-6,9,14-15H,7-8,10-12H2,1-3H3,(H,21,25). The molecule has 1 fully saturated rings. The van der Waals surface area contributed by atoms with Gasteiger partial charge in [-0.1, -0.05) is 13.0 Å². The molecule has 140 valence electrons. The van der Waals surface area contributed by atoms with Gasteiger partial charge in [-0.15, -0.1) is 0 Å². The van der Waals surface area contributed by atoms with E-state index in [2.05, 4.69) is 10.3 Å². The number of methoxy groups -OCH3 is 1. The number of ether oxygens (including phenoxy) is 1. The molecule has 2 aromatic rings. The van der Waals surface area contributed by atoms with Gasteiger partial charge in [0.2, 0.25) is 11.8 Å². The highest BCUT2D eigenvalue weighted by Crippen LogP contribution is 2.18. The number of rotatable bonds is 7. The summed E-state index contributed by atoms with van der Waals surface area (Å²) in [5.74, 6) is 0.264. The summed E-state index contributed by atoms with van der Waals surface area (Å²) in [4.78, 5) is 30.6. The maximum atomic E-state index is 12.5. The minimum atomic E-state index is -0.156. The summed E-state index contributed by atoms with van der Waals surface area (Å²) in [5.41, 5.74) is 2.89. The van der Waals surface area contributed by atoms with E-state index in [0.29, 0.717) is 38.6 Å². The van der Waals surface area contributed by atoms with Crippen LogP contribution in [0.1, 0.15) is 18.2 Å². The zero-order valence-electron chi connectivity index (χ0n) is 15.6. The minimum absolute atomic E-state index is 0.00211. The number of hydrogen-bond acceptors (Lipinski definition) is 4. The SMILES string of the molecule is COCC(C)C(=O)NCC1CN(C(=O)Cc2cnc3c(C)cccn23)C1. The number of fused-ring (bicyclic) bond motifs is 1. The van der Waals surface area contributed by atoms with Crippen LogP contribution >= 0.6 is 0 Å². The second-order valence-corrected chi connectivity index (χ2v) is 7.08. The fourth-order valence-electron chi connectivity index (χ4n) is 3.25. The highest BCUT2D eigenvalue weighted by molar-refractivity contribution is 5.80. The van der Waals surface area contributed by atoms with Crippen molar-refractivity contribution < 1.29 is 14.3 Å². The Morgan fingerprint density at radius 1 is 1.42 bits per heavy atom. The van der Waals surface area contributed by atoms with E-state index in [0.717, 1.165) is 16.9 Å². The number of hydrogen-bond donors (Lipinski definition) is 1. The Bertz CT molecular complexity index is 795. The lowest BCUT2D eigenvalue weighted by atomic mass is 9.99. The van der Waals surface area contributed by atoms with Crippen LogP contribution in [0.2, 0.25) is 0 Å². The molecule has 0 radical (unpaired) electrons. The van der Waals surface area contributed by atoms with Crippen LogP contribution in [-0.4, -0.2) is 59.4 Å². The molecule has 1 atom stereocenters. The van der Waals surface area contributed by atoms with E-state index in [1.54, 1.807) is 13.3 Å². The lowest BCUT2D eigenvalue weighted by molar-refractivity contribution is -0.136. The fourth-order valence-corrected chi connectivity index (χ4v) is 3.25. The van der Waals surface area contributed by atoms with Crippen molar-refractivity contribution in [3.8, 4) is 0 Å². The summed E-state index contributed by atoms with van der Waals surface area (Å²) < 4.78 is 6.96. The van der Waals surface area contributed by atoms with Gasteiger partial charge in [0, 0.05) is 45.1 Å². The minimum Gasteiger partial charge on any atom is -0.384 e. The quantitative estimate of drug-likeness (QED) is 0.802. The van der Waals surface area contributed by atoms with Crippen molar-refractivity contribution in [1.82, 2.24) is 19.6 Å². The van der Waals surface area contributed by atoms with Gasteiger partial charge in [0.1, 0.15) is 5.65 Å². The molecule has 3 rings (SSSR count). The van der Waals surface area contributed by atoms with Crippen LogP contribution in [0, 0.1) is 18.8 Å². The molecule has 0 bridgehead atoms. The first-order valence-electron chi connectivity index (χ1n) is 8.95. The summed E-state index contributed by atoms with van der Waals surface area (Å²) in [6.07, 6.45) is 4.05. The molecule has 7 heteroatoms. The van der Waals surface area contributed by atoms with Crippen LogP contribution in [0.15, 0.2) is 24.5 Å². The predicted octanol–water partition coefficient (Wildman–Crippen LogP) is 1.04. The molecule has 0 saturated carbocycles.